The average Bonchev–Trinajstić information content (AvgIpc) is 3.17. The lowest BCUT2D eigenvalue weighted by atomic mass is 10.1. The molecule has 2 rings (SSSR count). The van der Waals surface area contributed by atoms with Crippen molar-refractivity contribution in [1.82, 2.24) is 10.6 Å². The predicted octanol–water partition coefficient (Wildman–Crippen LogP) is 1.80. The Kier molecular flexibility index (Phi) is 14.6. The smallest absolute Gasteiger partial charge is 0.190 e. The summed E-state index contributed by atoms with van der Waals surface area (Å²) in [6.07, 6.45) is 5.50. The Labute approximate surface area is 175 Å². The molecule has 0 aromatic rings. The van der Waals surface area contributed by atoms with E-state index in [1.807, 2.05) is 0 Å². The number of rotatable bonds is 11. The highest BCUT2D eigenvalue weighted by Crippen LogP contribution is 2.12. The third kappa shape index (κ3) is 10.9. The molecule has 1 unspecified atom stereocenters. The fraction of sp³-hybridized carbons (Fsp3) is 0.944. The first-order valence-electron chi connectivity index (χ1n) is 9.68. The number of nitrogens with one attached hydrogen (secondary N) is 2. The molecule has 0 aromatic heterocycles. The molecule has 0 saturated carbocycles. The molecule has 2 fully saturated rings. The minimum Gasteiger partial charge on any atom is -0.381 e. The molecule has 1 atom stereocenters. The van der Waals surface area contributed by atoms with E-state index in [2.05, 4.69) is 15.6 Å². The van der Waals surface area contributed by atoms with E-state index in [0.29, 0.717) is 12.0 Å². The van der Waals surface area contributed by atoms with Gasteiger partial charge in [-0.3, -0.25) is 4.99 Å². The summed E-state index contributed by atoms with van der Waals surface area (Å²) in [4.78, 5) is 4.24. The highest BCUT2D eigenvalue weighted by molar-refractivity contribution is 14.0. The lowest BCUT2D eigenvalue weighted by molar-refractivity contribution is -0.0320. The lowest BCUT2D eigenvalue weighted by Crippen LogP contribution is -2.38. The molecule has 2 N–H and O–H groups in total. The maximum Gasteiger partial charge on any atom is 0.190 e. The topological polar surface area (TPSA) is 73.3 Å². The summed E-state index contributed by atoms with van der Waals surface area (Å²) in [5.41, 5.74) is 0. The van der Waals surface area contributed by atoms with E-state index >= 15 is 0 Å². The SMILES string of the molecule is CN=C(NCCCOCC1CCOC1)NCCCOC1CCOCC1.I. The fourth-order valence-corrected chi connectivity index (χ4v) is 2.94. The van der Waals surface area contributed by atoms with Crippen LogP contribution in [0, 0.1) is 5.92 Å². The standard InChI is InChI=1S/C18H35N3O4.HI/c1-19-18(20-7-2-9-23-14-16-4-11-24-15-16)21-8-3-10-25-17-5-12-22-13-6-17;/h16-17H,2-15H2,1H3,(H2,19,20,21);1H. The van der Waals surface area contributed by atoms with Gasteiger partial charge in [-0.2, -0.15) is 0 Å². The zero-order chi connectivity index (χ0) is 17.6. The van der Waals surface area contributed by atoms with Crippen molar-refractivity contribution in [2.75, 3.05) is 66.4 Å². The zero-order valence-corrected chi connectivity index (χ0v) is 18.4. The van der Waals surface area contributed by atoms with Crippen molar-refractivity contribution >= 4 is 29.9 Å². The van der Waals surface area contributed by atoms with Crippen LogP contribution in [0.4, 0.5) is 0 Å². The second kappa shape index (κ2) is 15.9. The quantitative estimate of drug-likeness (QED) is 0.201. The summed E-state index contributed by atoms with van der Waals surface area (Å²) in [5.74, 6) is 1.43. The molecule has 0 radical (unpaired) electrons. The highest BCUT2D eigenvalue weighted by atomic mass is 127. The van der Waals surface area contributed by atoms with E-state index in [0.717, 1.165) is 97.4 Å². The van der Waals surface area contributed by atoms with Gasteiger partial charge in [0.05, 0.1) is 19.3 Å². The van der Waals surface area contributed by atoms with Gasteiger partial charge >= 0.3 is 0 Å². The van der Waals surface area contributed by atoms with Gasteiger partial charge in [0, 0.05) is 59.1 Å². The first kappa shape index (κ1) is 23.9. The van der Waals surface area contributed by atoms with Crippen LogP contribution in [0.3, 0.4) is 0 Å². The summed E-state index contributed by atoms with van der Waals surface area (Å²) in [7, 11) is 1.80. The molecular formula is C18H36IN3O4. The second-order valence-electron chi connectivity index (χ2n) is 6.62. The zero-order valence-electron chi connectivity index (χ0n) is 16.0. The highest BCUT2D eigenvalue weighted by Gasteiger charge is 2.15. The Hall–Kier alpha value is -0.160. The number of guanidine groups is 1. The van der Waals surface area contributed by atoms with Crippen molar-refractivity contribution < 1.29 is 18.9 Å². The molecule has 0 aliphatic carbocycles. The Bertz CT molecular complexity index is 362. The Morgan fingerprint density at radius 2 is 1.69 bits per heavy atom. The minimum absolute atomic E-state index is 0. The van der Waals surface area contributed by atoms with Crippen LogP contribution >= 0.6 is 24.0 Å². The van der Waals surface area contributed by atoms with Crippen molar-refractivity contribution in [1.29, 1.82) is 0 Å². The predicted molar refractivity (Wildman–Crippen MR) is 114 cm³/mol. The summed E-state index contributed by atoms with van der Waals surface area (Å²) < 4.78 is 22.2. The molecule has 0 bridgehead atoms. The van der Waals surface area contributed by atoms with Crippen LogP contribution in [-0.4, -0.2) is 78.4 Å². The third-order valence-electron chi connectivity index (χ3n) is 4.49. The van der Waals surface area contributed by atoms with Crippen LogP contribution in [0.15, 0.2) is 4.99 Å². The number of nitrogens with zero attached hydrogens (tertiary/aromatic N) is 1. The van der Waals surface area contributed by atoms with Gasteiger partial charge in [-0.05, 0) is 32.1 Å². The van der Waals surface area contributed by atoms with Crippen LogP contribution in [0.5, 0.6) is 0 Å². The van der Waals surface area contributed by atoms with Gasteiger partial charge in [0.2, 0.25) is 0 Å². The largest absolute Gasteiger partial charge is 0.381 e. The molecule has 2 heterocycles. The molecule has 2 aliphatic heterocycles. The molecule has 154 valence electrons. The normalized spacial score (nSPS) is 21.4. The molecule has 2 saturated heterocycles. The maximum absolute atomic E-state index is 5.86. The van der Waals surface area contributed by atoms with Crippen LogP contribution in [0.1, 0.15) is 32.1 Å². The number of ether oxygens (including phenoxy) is 4. The maximum atomic E-state index is 5.86. The van der Waals surface area contributed by atoms with E-state index in [1.165, 1.54) is 0 Å². The molecule has 0 amide bonds. The Morgan fingerprint density at radius 1 is 1.00 bits per heavy atom. The number of hydrogen-bond donors (Lipinski definition) is 2. The molecule has 0 spiro atoms. The molecule has 2 aliphatic rings. The van der Waals surface area contributed by atoms with Crippen LogP contribution in [0.25, 0.3) is 0 Å². The fourth-order valence-electron chi connectivity index (χ4n) is 2.94. The Morgan fingerprint density at radius 3 is 2.35 bits per heavy atom. The molecule has 0 aromatic carbocycles. The van der Waals surface area contributed by atoms with E-state index < -0.39 is 0 Å². The number of hydrogen-bond acceptors (Lipinski definition) is 5. The van der Waals surface area contributed by atoms with Gasteiger partial charge in [0.25, 0.3) is 0 Å². The van der Waals surface area contributed by atoms with Gasteiger partial charge < -0.3 is 29.6 Å². The van der Waals surface area contributed by atoms with Gasteiger partial charge in [-0.1, -0.05) is 0 Å². The molecule has 7 nitrogen and oxygen atoms in total. The molecule has 8 heteroatoms. The lowest BCUT2D eigenvalue weighted by Gasteiger charge is -2.22. The van der Waals surface area contributed by atoms with E-state index in [9.17, 15) is 0 Å². The van der Waals surface area contributed by atoms with E-state index in [-0.39, 0.29) is 24.0 Å². The molecule has 26 heavy (non-hydrogen) atoms. The van der Waals surface area contributed by atoms with E-state index in [4.69, 9.17) is 18.9 Å². The van der Waals surface area contributed by atoms with Gasteiger partial charge in [0.1, 0.15) is 0 Å². The summed E-state index contributed by atoms with van der Waals surface area (Å²) in [6.45, 7) is 7.51. The van der Waals surface area contributed by atoms with Crippen molar-refractivity contribution in [3.8, 4) is 0 Å². The van der Waals surface area contributed by atoms with Crippen molar-refractivity contribution in [2.24, 2.45) is 10.9 Å². The van der Waals surface area contributed by atoms with Gasteiger partial charge in [-0.15, -0.1) is 24.0 Å². The van der Waals surface area contributed by atoms with Crippen molar-refractivity contribution in [3.63, 3.8) is 0 Å². The van der Waals surface area contributed by atoms with Gasteiger partial charge in [0.15, 0.2) is 5.96 Å². The first-order valence-corrected chi connectivity index (χ1v) is 9.68. The van der Waals surface area contributed by atoms with Gasteiger partial charge in [-0.25, -0.2) is 0 Å². The summed E-state index contributed by atoms with van der Waals surface area (Å²) in [5, 5.41) is 6.63. The van der Waals surface area contributed by atoms with Crippen LogP contribution in [0.2, 0.25) is 0 Å². The second-order valence-corrected chi connectivity index (χ2v) is 6.62. The number of aliphatic imine (C=N–C) groups is 1. The molecular weight excluding hydrogens is 449 g/mol. The Balaban J connectivity index is 0.00000338. The van der Waals surface area contributed by atoms with Crippen molar-refractivity contribution in [3.05, 3.63) is 0 Å². The minimum atomic E-state index is 0. The van der Waals surface area contributed by atoms with E-state index in [1.54, 1.807) is 7.05 Å². The average molecular weight is 485 g/mol. The monoisotopic (exact) mass is 485 g/mol. The van der Waals surface area contributed by atoms with Crippen LogP contribution < -0.4 is 10.6 Å². The summed E-state index contributed by atoms with van der Waals surface area (Å²) in [6, 6.07) is 0. The summed E-state index contributed by atoms with van der Waals surface area (Å²) >= 11 is 0. The third-order valence-corrected chi connectivity index (χ3v) is 4.49. The van der Waals surface area contributed by atoms with Crippen LogP contribution in [-0.2, 0) is 18.9 Å². The first-order chi connectivity index (χ1) is 12.4. The number of halogens is 1. The van der Waals surface area contributed by atoms with Crippen molar-refractivity contribution in [2.45, 2.75) is 38.2 Å².